The van der Waals surface area contributed by atoms with Crippen LogP contribution >= 0.6 is 0 Å². The molecule has 29 heavy (non-hydrogen) atoms. The lowest BCUT2D eigenvalue weighted by molar-refractivity contribution is -0.145. The zero-order valence-electron chi connectivity index (χ0n) is 18.2. The Balaban J connectivity index is 1.88. The maximum atomic E-state index is 12.0. The third-order valence-electron chi connectivity index (χ3n) is 5.08. The molecule has 0 aliphatic heterocycles. The van der Waals surface area contributed by atoms with Crippen molar-refractivity contribution in [2.24, 2.45) is 5.92 Å². The summed E-state index contributed by atoms with van der Waals surface area (Å²) in [4.78, 5) is 20.8. The molecule has 0 N–H and O–H groups in total. The summed E-state index contributed by atoms with van der Waals surface area (Å²) in [6.07, 6.45) is 8.22. The number of unbranched alkanes of at least 4 members (excludes halogenated alkanes) is 2. The monoisotopic (exact) mass is 398 g/mol. The molecule has 0 aliphatic rings. The van der Waals surface area contributed by atoms with Gasteiger partial charge in [-0.1, -0.05) is 71.2 Å². The fraction of sp³-hybridized carbons (Fsp3) is 0.542. The van der Waals surface area contributed by atoms with Crippen molar-refractivity contribution in [2.45, 2.75) is 65.7 Å². The highest BCUT2D eigenvalue weighted by Gasteiger charge is 2.14. The Kier molecular flexibility index (Phi) is 9.62. The summed E-state index contributed by atoms with van der Waals surface area (Å²) >= 11 is 0. The number of hydrogen-bond donors (Lipinski definition) is 0. The minimum Gasteiger partial charge on any atom is -0.490 e. The van der Waals surface area contributed by atoms with Crippen molar-refractivity contribution in [1.29, 1.82) is 0 Å². The van der Waals surface area contributed by atoms with Gasteiger partial charge < -0.3 is 9.47 Å². The van der Waals surface area contributed by atoms with Gasteiger partial charge in [-0.25, -0.2) is 9.97 Å². The predicted molar refractivity (Wildman–Crippen MR) is 116 cm³/mol. The fourth-order valence-electron chi connectivity index (χ4n) is 2.82. The van der Waals surface area contributed by atoms with E-state index >= 15 is 0 Å². The summed E-state index contributed by atoms with van der Waals surface area (Å²) < 4.78 is 11.0. The minimum absolute atomic E-state index is 0.105. The zero-order chi connectivity index (χ0) is 21.1. The molecule has 158 valence electrons. The summed E-state index contributed by atoms with van der Waals surface area (Å²) in [6.45, 7) is 9.59. The molecule has 0 spiro atoms. The molecule has 2 rings (SSSR count). The Labute approximate surface area is 174 Å². The van der Waals surface area contributed by atoms with Crippen LogP contribution < -0.4 is 4.74 Å². The van der Waals surface area contributed by atoms with E-state index in [1.807, 2.05) is 31.2 Å². The van der Waals surface area contributed by atoms with Crippen LogP contribution in [0, 0.1) is 5.92 Å². The van der Waals surface area contributed by atoms with Gasteiger partial charge >= 0.3 is 5.97 Å². The second-order valence-electron chi connectivity index (χ2n) is 7.72. The number of ether oxygens (including phenoxy) is 2. The van der Waals surface area contributed by atoms with E-state index < -0.39 is 0 Å². The van der Waals surface area contributed by atoms with E-state index in [-0.39, 0.29) is 11.9 Å². The van der Waals surface area contributed by atoms with E-state index in [9.17, 15) is 4.79 Å². The molecule has 5 nitrogen and oxygen atoms in total. The number of hydrogen-bond acceptors (Lipinski definition) is 5. The highest BCUT2D eigenvalue weighted by Crippen LogP contribution is 2.23. The number of aromatic nitrogens is 2. The lowest BCUT2D eigenvalue weighted by Gasteiger charge is -2.14. The molecule has 2 unspecified atom stereocenters. The van der Waals surface area contributed by atoms with Crippen molar-refractivity contribution in [1.82, 2.24) is 9.97 Å². The van der Waals surface area contributed by atoms with E-state index in [0.717, 1.165) is 24.0 Å². The van der Waals surface area contributed by atoms with E-state index in [0.29, 0.717) is 37.1 Å². The van der Waals surface area contributed by atoms with Crippen molar-refractivity contribution in [2.75, 3.05) is 13.2 Å². The topological polar surface area (TPSA) is 61.3 Å². The number of carbonyl (C=O) groups is 1. The third kappa shape index (κ3) is 7.84. The van der Waals surface area contributed by atoms with Gasteiger partial charge in [-0.05, 0) is 23.8 Å². The van der Waals surface area contributed by atoms with Crippen LogP contribution in [0.5, 0.6) is 5.75 Å². The van der Waals surface area contributed by atoms with Gasteiger partial charge in [0, 0.05) is 5.56 Å². The summed E-state index contributed by atoms with van der Waals surface area (Å²) in [5, 5.41) is 0. The largest absolute Gasteiger partial charge is 0.490 e. The molecule has 1 heterocycles. The van der Waals surface area contributed by atoms with E-state index in [1.54, 1.807) is 12.4 Å². The molecule has 1 aromatic heterocycles. The fourth-order valence-corrected chi connectivity index (χ4v) is 2.82. The molecular weight excluding hydrogens is 364 g/mol. The van der Waals surface area contributed by atoms with Crippen molar-refractivity contribution < 1.29 is 14.3 Å². The van der Waals surface area contributed by atoms with Crippen LogP contribution in [0.2, 0.25) is 0 Å². The van der Waals surface area contributed by atoms with Crippen molar-refractivity contribution in [3.8, 4) is 17.1 Å². The van der Waals surface area contributed by atoms with Crippen LogP contribution in [0.15, 0.2) is 36.7 Å². The summed E-state index contributed by atoms with van der Waals surface area (Å²) in [5.41, 5.74) is 2.04. The van der Waals surface area contributed by atoms with Gasteiger partial charge in [0.2, 0.25) is 0 Å². The highest BCUT2D eigenvalue weighted by molar-refractivity contribution is 5.70. The van der Waals surface area contributed by atoms with Crippen LogP contribution in [0.3, 0.4) is 0 Å². The van der Waals surface area contributed by atoms with E-state index in [4.69, 9.17) is 9.47 Å². The Morgan fingerprint density at radius 1 is 1.03 bits per heavy atom. The van der Waals surface area contributed by atoms with Gasteiger partial charge in [0.1, 0.15) is 0 Å². The molecule has 5 heteroatoms. The van der Waals surface area contributed by atoms with E-state index in [2.05, 4.69) is 30.7 Å². The Hall–Kier alpha value is -2.43. The van der Waals surface area contributed by atoms with Crippen LogP contribution in [0.1, 0.15) is 71.3 Å². The van der Waals surface area contributed by atoms with Gasteiger partial charge in [-0.3, -0.25) is 4.79 Å². The van der Waals surface area contributed by atoms with Gasteiger partial charge in [0.15, 0.2) is 11.6 Å². The van der Waals surface area contributed by atoms with Crippen molar-refractivity contribution in [3.05, 3.63) is 42.2 Å². The molecular formula is C24H34N2O3. The molecule has 1 aromatic carbocycles. The van der Waals surface area contributed by atoms with Gasteiger partial charge in [-0.15, -0.1) is 0 Å². The number of nitrogens with zero attached hydrogens (tertiary/aromatic N) is 2. The van der Waals surface area contributed by atoms with Crippen molar-refractivity contribution in [3.63, 3.8) is 0 Å². The maximum Gasteiger partial charge on any atom is 0.306 e. The summed E-state index contributed by atoms with van der Waals surface area (Å²) in [5.74, 6) is 1.73. The number of esters is 1. The Bertz CT molecular complexity index is 729. The predicted octanol–water partition coefficient (Wildman–Crippen LogP) is 5.80. The summed E-state index contributed by atoms with van der Waals surface area (Å²) in [7, 11) is 0. The molecule has 2 aromatic rings. The first kappa shape index (κ1) is 22.9. The molecule has 0 aliphatic carbocycles. The quantitative estimate of drug-likeness (QED) is 0.334. The van der Waals surface area contributed by atoms with Crippen LogP contribution in [0.25, 0.3) is 11.4 Å². The second kappa shape index (κ2) is 12.2. The molecule has 0 saturated carbocycles. The van der Waals surface area contributed by atoms with Gasteiger partial charge in [0.25, 0.3) is 0 Å². The molecule has 2 atom stereocenters. The molecule has 0 bridgehead atoms. The van der Waals surface area contributed by atoms with Crippen molar-refractivity contribution >= 4 is 5.97 Å². The second-order valence-corrected chi connectivity index (χ2v) is 7.72. The smallest absolute Gasteiger partial charge is 0.306 e. The molecule has 0 radical (unpaired) electrons. The lowest BCUT2D eigenvalue weighted by Crippen LogP contribution is -2.13. The SMILES string of the molecule is CCCCCOc1cnc(-c2ccc(C(C)CC(=O)OCC(C)CC)cc2)nc1. The van der Waals surface area contributed by atoms with Gasteiger partial charge in [0.05, 0.1) is 32.0 Å². The zero-order valence-corrected chi connectivity index (χ0v) is 18.2. The number of benzene rings is 1. The Morgan fingerprint density at radius 2 is 1.72 bits per heavy atom. The van der Waals surface area contributed by atoms with E-state index in [1.165, 1.54) is 12.8 Å². The normalized spacial score (nSPS) is 13.0. The molecule has 0 saturated heterocycles. The minimum atomic E-state index is -0.139. The van der Waals surface area contributed by atoms with Crippen LogP contribution in [0.4, 0.5) is 0 Å². The average Bonchev–Trinajstić information content (AvgIpc) is 2.75. The maximum absolute atomic E-state index is 12.0. The first-order valence-electron chi connectivity index (χ1n) is 10.7. The molecule has 0 amide bonds. The Morgan fingerprint density at radius 3 is 2.34 bits per heavy atom. The summed E-state index contributed by atoms with van der Waals surface area (Å²) in [6, 6.07) is 8.04. The lowest BCUT2D eigenvalue weighted by atomic mass is 9.96. The van der Waals surface area contributed by atoms with Gasteiger partial charge in [-0.2, -0.15) is 0 Å². The molecule has 0 fully saturated rings. The number of carbonyl (C=O) groups excluding carboxylic acids is 1. The standard InChI is InChI=1S/C24H34N2O3/c1-5-7-8-13-28-22-15-25-24(26-16-22)21-11-9-20(10-12-21)19(4)14-23(27)29-17-18(3)6-2/h9-12,15-16,18-19H,5-8,13-14,17H2,1-4H3. The highest BCUT2D eigenvalue weighted by atomic mass is 16.5. The van der Waals surface area contributed by atoms with Crippen LogP contribution in [-0.4, -0.2) is 29.2 Å². The first-order chi connectivity index (χ1) is 14.0. The third-order valence-corrected chi connectivity index (χ3v) is 5.08. The average molecular weight is 399 g/mol. The van der Waals surface area contributed by atoms with Crippen LogP contribution in [-0.2, 0) is 9.53 Å². The number of rotatable bonds is 12. The first-order valence-corrected chi connectivity index (χ1v) is 10.7.